The van der Waals surface area contributed by atoms with Crippen LogP contribution in [0.25, 0.3) is 0 Å². The predicted octanol–water partition coefficient (Wildman–Crippen LogP) is -0.117. The number of hydrogen-bond donors (Lipinski definition) is 2. The molecule has 0 bridgehead atoms. The fourth-order valence-electron chi connectivity index (χ4n) is 3.03. The van der Waals surface area contributed by atoms with Gasteiger partial charge in [0.15, 0.2) is 0 Å². The zero-order valence-corrected chi connectivity index (χ0v) is 12.8. The van der Waals surface area contributed by atoms with Gasteiger partial charge in [-0.25, -0.2) is 4.79 Å². The second kappa shape index (κ2) is 7.61. The van der Waals surface area contributed by atoms with Crippen molar-refractivity contribution in [2.75, 3.05) is 52.4 Å². The molecule has 2 saturated heterocycles. The molecule has 0 aliphatic carbocycles. The van der Waals surface area contributed by atoms with Crippen LogP contribution in [0.3, 0.4) is 0 Å². The van der Waals surface area contributed by atoms with Gasteiger partial charge in [0.1, 0.15) is 0 Å². The third-order valence-corrected chi connectivity index (χ3v) is 4.30. The Morgan fingerprint density at radius 3 is 2.48 bits per heavy atom. The number of hydrogen-bond acceptors (Lipinski definition) is 4. The van der Waals surface area contributed by atoms with Crippen LogP contribution in [0.5, 0.6) is 0 Å². The molecule has 0 radical (unpaired) electrons. The quantitative estimate of drug-likeness (QED) is 0.757. The van der Waals surface area contributed by atoms with E-state index >= 15 is 0 Å². The zero-order valence-electron chi connectivity index (χ0n) is 12.8. The lowest BCUT2D eigenvalue weighted by Gasteiger charge is -2.37. The van der Waals surface area contributed by atoms with Crippen LogP contribution in [0.15, 0.2) is 0 Å². The summed E-state index contributed by atoms with van der Waals surface area (Å²) in [5, 5.41) is 11.9. The molecule has 2 aliphatic rings. The minimum absolute atomic E-state index is 0.00655. The van der Waals surface area contributed by atoms with Crippen LogP contribution >= 0.6 is 0 Å². The first-order valence-corrected chi connectivity index (χ1v) is 7.80. The van der Waals surface area contributed by atoms with Crippen molar-refractivity contribution in [2.24, 2.45) is 0 Å². The maximum atomic E-state index is 12.3. The molecule has 2 fully saturated rings. The third-order valence-electron chi connectivity index (χ3n) is 4.30. The molecule has 1 unspecified atom stereocenters. The number of likely N-dealkylation sites (tertiary alicyclic amines) is 1. The Morgan fingerprint density at radius 1 is 1.14 bits per heavy atom. The summed E-state index contributed by atoms with van der Waals surface area (Å²) in [5.41, 5.74) is 0. The molecule has 0 spiro atoms. The molecule has 2 N–H and O–H groups in total. The number of likely N-dealkylation sites (N-methyl/N-ethyl adjacent to an activating group) is 1. The van der Waals surface area contributed by atoms with Crippen LogP contribution in [0.4, 0.5) is 4.79 Å². The van der Waals surface area contributed by atoms with Crippen LogP contribution in [0, 0.1) is 0 Å². The number of carbonyl (C=O) groups is 2. The summed E-state index contributed by atoms with van der Waals surface area (Å²) in [6.45, 7) is 7.75. The number of piperidine rings is 1. The Balaban J connectivity index is 1.73. The third kappa shape index (κ3) is 4.86. The van der Waals surface area contributed by atoms with Gasteiger partial charge in [-0.3, -0.25) is 9.69 Å². The van der Waals surface area contributed by atoms with E-state index < -0.39 is 5.97 Å². The van der Waals surface area contributed by atoms with Crippen molar-refractivity contribution in [3.8, 4) is 0 Å². The van der Waals surface area contributed by atoms with Crippen molar-refractivity contribution in [1.29, 1.82) is 0 Å². The van der Waals surface area contributed by atoms with Gasteiger partial charge in [-0.1, -0.05) is 6.92 Å². The molecule has 2 aliphatic heterocycles. The SMILES string of the molecule is CCN1CCCC(NC(=O)N2CCN(CC(=O)O)CC2)C1. The van der Waals surface area contributed by atoms with Gasteiger partial charge in [0.05, 0.1) is 6.54 Å². The Hall–Kier alpha value is -1.34. The topological polar surface area (TPSA) is 76.1 Å². The number of carbonyl (C=O) groups excluding carboxylic acids is 1. The van der Waals surface area contributed by atoms with E-state index in [2.05, 4.69) is 17.1 Å². The second-order valence-electron chi connectivity index (χ2n) is 5.84. The molecule has 2 heterocycles. The van der Waals surface area contributed by atoms with E-state index in [0.29, 0.717) is 26.2 Å². The molecule has 7 heteroatoms. The van der Waals surface area contributed by atoms with Gasteiger partial charge in [0, 0.05) is 38.8 Å². The zero-order chi connectivity index (χ0) is 15.2. The van der Waals surface area contributed by atoms with Crippen molar-refractivity contribution < 1.29 is 14.7 Å². The highest BCUT2D eigenvalue weighted by Crippen LogP contribution is 2.10. The number of carboxylic acids is 1. The highest BCUT2D eigenvalue weighted by atomic mass is 16.4. The van der Waals surface area contributed by atoms with E-state index in [0.717, 1.165) is 32.5 Å². The van der Waals surface area contributed by atoms with Gasteiger partial charge in [-0.15, -0.1) is 0 Å². The van der Waals surface area contributed by atoms with E-state index in [-0.39, 0.29) is 18.6 Å². The first-order valence-electron chi connectivity index (χ1n) is 7.80. The predicted molar refractivity (Wildman–Crippen MR) is 79.3 cm³/mol. The van der Waals surface area contributed by atoms with Crippen LogP contribution in [-0.4, -0.2) is 90.2 Å². The van der Waals surface area contributed by atoms with Gasteiger partial charge in [0.2, 0.25) is 0 Å². The maximum Gasteiger partial charge on any atom is 0.317 e. The van der Waals surface area contributed by atoms with Gasteiger partial charge in [-0.05, 0) is 25.9 Å². The molecule has 2 amide bonds. The number of carboxylic acid groups (broad SMARTS) is 1. The summed E-state index contributed by atoms with van der Waals surface area (Å²) in [6.07, 6.45) is 2.17. The molecule has 0 saturated carbocycles. The molecule has 120 valence electrons. The number of nitrogens with zero attached hydrogens (tertiary/aromatic N) is 3. The second-order valence-corrected chi connectivity index (χ2v) is 5.84. The van der Waals surface area contributed by atoms with Crippen LogP contribution in [0.1, 0.15) is 19.8 Å². The molecular formula is C14H26N4O3. The molecule has 2 rings (SSSR count). The van der Waals surface area contributed by atoms with Crippen molar-refractivity contribution in [2.45, 2.75) is 25.8 Å². The monoisotopic (exact) mass is 298 g/mol. The van der Waals surface area contributed by atoms with Crippen LogP contribution in [-0.2, 0) is 4.79 Å². The highest BCUT2D eigenvalue weighted by molar-refractivity contribution is 5.74. The van der Waals surface area contributed by atoms with Gasteiger partial charge in [0.25, 0.3) is 0 Å². The lowest BCUT2D eigenvalue weighted by atomic mass is 10.1. The van der Waals surface area contributed by atoms with Crippen LogP contribution in [0.2, 0.25) is 0 Å². The lowest BCUT2D eigenvalue weighted by molar-refractivity contribution is -0.138. The first-order chi connectivity index (χ1) is 10.1. The summed E-state index contributed by atoms with van der Waals surface area (Å²) < 4.78 is 0. The number of piperazine rings is 1. The van der Waals surface area contributed by atoms with Gasteiger partial charge < -0.3 is 20.2 Å². The molecule has 0 aromatic rings. The van der Waals surface area contributed by atoms with Crippen molar-refractivity contribution in [1.82, 2.24) is 20.0 Å². The number of rotatable bonds is 4. The molecule has 7 nitrogen and oxygen atoms in total. The van der Waals surface area contributed by atoms with Crippen molar-refractivity contribution in [3.05, 3.63) is 0 Å². The van der Waals surface area contributed by atoms with Gasteiger partial charge >= 0.3 is 12.0 Å². The Bertz CT molecular complexity index is 369. The van der Waals surface area contributed by atoms with E-state index in [1.807, 2.05) is 4.90 Å². The fraction of sp³-hybridized carbons (Fsp3) is 0.857. The van der Waals surface area contributed by atoms with E-state index in [9.17, 15) is 9.59 Å². The molecule has 21 heavy (non-hydrogen) atoms. The Morgan fingerprint density at radius 2 is 1.86 bits per heavy atom. The van der Waals surface area contributed by atoms with Crippen molar-refractivity contribution >= 4 is 12.0 Å². The van der Waals surface area contributed by atoms with Crippen molar-refractivity contribution in [3.63, 3.8) is 0 Å². The normalized spacial score (nSPS) is 24.8. The van der Waals surface area contributed by atoms with Gasteiger partial charge in [-0.2, -0.15) is 0 Å². The minimum Gasteiger partial charge on any atom is -0.480 e. The standard InChI is InChI=1S/C14H26N4O3/c1-2-16-5-3-4-12(10-16)15-14(21)18-8-6-17(7-9-18)11-13(19)20/h12H,2-11H2,1H3,(H,15,21)(H,19,20). The Labute approximate surface area is 125 Å². The first kappa shape index (κ1) is 16.0. The minimum atomic E-state index is -0.810. The average molecular weight is 298 g/mol. The summed E-state index contributed by atoms with van der Waals surface area (Å²) in [7, 11) is 0. The highest BCUT2D eigenvalue weighted by Gasteiger charge is 2.25. The van der Waals surface area contributed by atoms with Crippen LogP contribution < -0.4 is 5.32 Å². The average Bonchev–Trinajstić information content (AvgIpc) is 2.47. The molecular weight excluding hydrogens is 272 g/mol. The summed E-state index contributed by atoms with van der Waals surface area (Å²) in [4.78, 5) is 28.9. The van der Waals surface area contributed by atoms with E-state index in [4.69, 9.17) is 5.11 Å². The molecule has 0 aromatic heterocycles. The van der Waals surface area contributed by atoms with E-state index in [1.165, 1.54) is 0 Å². The smallest absolute Gasteiger partial charge is 0.317 e. The maximum absolute atomic E-state index is 12.3. The lowest BCUT2D eigenvalue weighted by Crippen LogP contribution is -2.56. The molecule has 1 atom stereocenters. The number of amides is 2. The summed E-state index contributed by atoms with van der Waals surface area (Å²) in [6, 6.07) is 0.233. The fourth-order valence-corrected chi connectivity index (χ4v) is 3.03. The largest absolute Gasteiger partial charge is 0.480 e. The van der Waals surface area contributed by atoms with E-state index in [1.54, 1.807) is 4.90 Å². The summed E-state index contributed by atoms with van der Waals surface area (Å²) in [5.74, 6) is -0.810. The molecule has 0 aromatic carbocycles. The number of nitrogens with one attached hydrogen (secondary N) is 1. The number of urea groups is 1. The Kier molecular flexibility index (Phi) is 5.81. The summed E-state index contributed by atoms with van der Waals surface area (Å²) >= 11 is 0. The number of aliphatic carboxylic acids is 1.